The number of hydrogen-bond acceptors (Lipinski definition) is 6. The first-order chi connectivity index (χ1) is 16.8. The molecule has 7 heteroatoms. The minimum Gasteiger partial charge on any atom is -0.507 e. The van der Waals surface area contributed by atoms with Gasteiger partial charge >= 0.3 is 0 Å². The number of methoxy groups -OCH3 is 1. The summed E-state index contributed by atoms with van der Waals surface area (Å²) >= 11 is 0. The van der Waals surface area contributed by atoms with Gasteiger partial charge in [0, 0.05) is 13.1 Å². The van der Waals surface area contributed by atoms with Gasteiger partial charge in [0.05, 0.1) is 30.4 Å². The number of nitrogens with zero attached hydrogens (tertiary/aromatic N) is 2. The summed E-state index contributed by atoms with van der Waals surface area (Å²) in [5.41, 5.74) is 1.90. The number of hydrogen-bond donors (Lipinski definition) is 1. The van der Waals surface area contributed by atoms with Gasteiger partial charge in [0.2, 0.25) is 0 Å². The largest absolute Gasteiger partial charge is 0.507 e. The smallest absolute Gasteiger partial charge is 0.295 e. The van der Waals surface area contributed by atoms with Gasteiger partial charge in [0.25, 0.3) is 11.7 Å². The highest BCUT2D eigenvalue weighted by atomic mass is 16.5. The summed E-state index contributed by atoms with van der Waals surface area (Å²) in [4.78, 5) is 30.1. The molecule has 1 atom stereocenters. The van der Waals surface area contributed by atoms with Crippen molar-refractivity contribution in [2.75, 3.05) is 34.3 Å². The van der Waals surface area contributed by atoms with E-state index in [1.165, 1.54) is 12.0 Å². The molecular formula is C29H38N2O5. The van der Waals surface area contributed by atoms with E-state index >= 15 is 0 Å². The van der Waals surface area contributed by atoms with Gasteiger partial charge in [-0.05, 0) is 68.8 Å². The molecule has 1 N–H and O–H groups in total. The third-order valence-electron chi connectivity index (χ3n) is 6.19. The lowest BCUT2D eigenvalue weighted by atomic mass is 9.85. The number of ether oxygens (including phenoxy) is 2. The number of benzene rings is 2. The van der Waals surface area contributed by atoms with Crippen LogP contribution < -0.4 is 9.47 Å². The molecular weight excluding hydrogens is 456 g/mol. The molecule has 0 spiro atoms. The summed E-state index contributed by atoms with van der Waals surface area (Å²) in [5.74, 6) is -0.536. The molecule has 1 aliphatic rings. The number of likely N-dealkylation sites (N-methyl/N-ethyl adjacent to an activating group) is 1. The second-order valence-electron chi connectivity index (χ2n) is 10.7. The Morgan fingerprint density at radius 2 is 1.81 bits per heavy atom. The van der Waals surface area contributed by atoms with Gasteiger partial charge in [0.1, 0.15) is 17.3 Å². The van der Waals surface area contributed by atoms with Gasteiger partial charge in [-0.2, -0.15) is 0 Å². The molecule has 36 heavy (non-hydrogen) atoms. The van der Waals surface area contributed by atoms with Crippen molar-refractivity contribution in [3.05, 3.63) is 64.7 Å². The monoisotopic (exact) mass is 494 g/mol. The Balaban J connectivity index is 2.25. The Kier molecular flexibility index (Phi) is 8.14. The lowest BCUT2D eigenvalue weighted by Gasteiger charge is -2.27. The van der Waals surface area contributed by atoms with Crippen molar-refractivity contribution < 1.29 is 24.2 Å². The number of aliphatic hydroxyl groups excluding tert-OH is 1. The molecule has 0 bridgehead atoms. The number of carbonyl (C=O) groups excluding carboxylic acids is 2. The van der Waals surface area contributed by atoms with E-state index < -0.39 is 17.7 Å². The van der Waals surface area contributed by atoms with Crippen LogP contribution in [0.25, 0.3) is 5.76 Å². The number of ketones is 1. The molecule has 1 unspecified atom stereocenters. The molecule has 1 heterocycles. The van der Waals surface area contributed by atoms with E-state index in [0.29, 0.717) is 35.7 Å². The molecule has 1 fully saturated rings. The number of carbonyl (C=O) groups is 2. The number of amides is 1. The van der Waals surface area contributed by atoms with Crippen molar-refractivity contribution in [3.8, 4) is 11.5 Å². The maximum atomic E-state index is 13.4. The number of aliphatic hydroxyl groups is 1. The maximum Gasteiger partial charge on any atom is 0.295 e. The van der Waals surface area contributed by atoms with Gasteiger partial charge in [-0.15, -0.1) is 0 Å². The van der Waals surface area contributed by atoms with E-state index in [0.717, 1.165) is 5.56 Å². The van der Waals surface area contributed by atoms with Crippen molar-refractivity contribution >= 4 is 17.4 Å². The molecule has 1 amide bonds. The van der Waals surface area contributed by atoms with Gasteiger partial charge in [-0.1, -0.05) is 39.0 Å². The van der Waals surface area contributed by atoms with E-state index in [2.05, 4.69) is 20.8 Å². The molecule has 0 saturated carbocycles. The maximum absolute atomic E-state index is 13.4. The highest BCUT2D eigenvalue weighted by Gasteiger charge is 2.46. The Labute approximate surface area is 214 Å². The normalized spacial score (nSPS) is 17.8. The number of likely N-dealkylation sites (tertiary alicyclic amines) is 1. The molecule has 0 aliphatic carbocycles. The van der Waals surface area contributed by atoms with Crippen LogP contribution >= 0.6 is 0 Å². The van der Waals surface area contributed by atoms with Crippen LogP contribution in [0, 0.1) is 0 Å². The predicted molar refractivity (Wildman–Crippen MR) is 141 cm³/mol. The van der Waals surface area contributed by atoms with Crippen molar-refractivity contribution in [2.24, 2.45) is 0 Å². The third-order valence-corrected chi connectivity index (χ3v) is 6.19. The molecule has 1 aliphatic heterocycles. The molecule has 194 valence electrons. The first kappa shape index (κ1) is 27.3. The third kappa shape index (κ3) is 5.73. The molecule has 1 saturated heterocycles. The second kappa shape index (κ2) is 10.7. The quantitative estimate of drug-likeness (QED) is 0.324. The summed E-state index contributed by atoms with van der Waals surface area (Å²) in [7, 11) is 5.33. The fraction of sp³-hybridized carbons (Fsp3) is 0.448. The van der Waals surface area contributed by atoms with E-state index in [-0.39, 0.29) is 22.9 Å². The SMILES string of the molecule is COc1ccc(C(C)(C)C)cc1/C(O)=C1\C(=O)C(=O)N(CCN(C)C)C1c1cccc(OC(C)C)c1. The second-order valence-corrected chi connectivity index (χ2v) is 10.7. The minimum atomic E-state index is -0.760. The van der Waals surface area contributed by atoms with Gasteiger partial charge < -0.3 is 24.4 Å². The van der Waals surface area contributed by atoms with Crippen molar-refractivity contribution in [1.82, 2.24) is 9.80 Å². The first-order valence-electron chi connectivity index (χ1n) is 12.2. The van der Waals surface area contributed by atoms with Crippen molar-refractivity contribution in [3.63, 3.8) is 0 Å². The lowest BCUT2D eigenvalue weighted by Crippen LogP contribution is -2.35. The predicted octanol–water partition coefficient (Wildman–Crippen LogP) is 4.76. The van der Waals surface area contributed by atoms with Crippen LogP contribution in [0.1, 0.15) is 57.4 Å². The Hall–Kier alpha value is -3.32. The molecule has 2 aromatic rings. The van der Waals surface area contributed by atoms with E-state index in [1.807, 2.05) is 69.2 Å². The fourth-order valence-corrected chi connectivity index (χ4v) is 4.30. The minimum absolute atomic E-state index is 0.0373. The average Bonchev–Trinajstić information content (AvgIpc) is 3.05. The summed E-state index contributed by atoms with van der Waals surface area (Å²) in [6, 6.07) is 12.1. The summed E-state index contributed by atoms with van der Waals surface area (Å²) in [5, 5.41) is 11.6. The highest BCUT2D eigenvalue weighted by molar-refractivity contribution is 6.46. The van der Waals surface area contributed by atoms with Crippen LogP contribution in [0.2, 0.25) is 0 Å². The fourth-order valence-electron chi connectivity index (χ4n) is 4.30. The Morgan fingerprint density at radius 3 is 2.39 bits per heavy atom. The zero-order valence-corrected chi connectivity index (χ0v) is 22.6. The van der Waals surface area contributed by atoms with E-state index in [1.54, 1.807) is 6.07 Å². The summed E-state index contributed by atoms with van der Waals surface area (Å²) in [6.45, 7) is 11.0. The topological polar surface area (TPSA) is 79.3 Å². The van der Waals surface area contributed by atoms with Crippen molar-refractivity contribution in [1.29, 1.82) is 0 Å². The summed E-state index contributed by atoms with van der Waals surface area (Å²) < 4.78 is 11.4. The van der Waals surface area contributed by atoms with Gasteiger partial charge in [0.15, 0.2) is 0 Å². The first-order valence-corrected chi connectivity index (χ1v) is 12.2. The molecule has 3 rings (SSSR count). The molecule has 0 radical (unpaired) electrons. The van der Waals surface area contributed by atoms with Gasteiger partial charge in [-0.25, -0.2) is 0 Å². The average molecular weight is 495 g/mol. The zero-order valence-electron chi connectivity index (χ0n) is 22.6. The van der Waals surface area contributed by atoms with Crippen LogP contribution in [0.4, 0.5) is 0 Å². The number of Topliss-reactive ketones (excluding diaryl/α,β-unsaturated/α-hetero) is 1. The number of rotatable bonds is 8. The Bertz CT molecular complexity index is 1160. The van der Waals surface area contributed by atoms with E-state index in [4.69, 9.17) is 9.47 Å². The van der Waals surface area contributed by atoms with Crippen molar-refractivity contribution in [2.45, 2.75) is 52.2 Å². The molecule has 7 nitrogen and oxygen atoms in total. The molecule has 2 aromatic carbocycles. The Morgan fingerprint density at radius 1 is 1.11 bits per heavy atom. The zero-order chi connectivity index (χ0) is 26.8. The lowest BCUT2D eigenvalue weighted by molar-refractivity contribution is -0.140. The summed E-state index contributed by atoms with van der Waals surface area (Å²) in [6.07, 6.45) is -0.0373. The van der Waals surface area contributed by atoms with Crippen LogP contribution in [0.5, 0.6) is 11.5 Å². The van der Waals surface area contributed by atoms with Gasteiger partial charge in [-0.3, -0.25) is 9.59 Å². The van der Waals surface area contributed by atoms with Crippen LogP contribution in [0.3, 0.4) is 0 Å². The molecule has 0 aromatic heterocycles. The standard InChI is InChI=1S/C29H38N2O5/c1-18(2)36-21-11-9-10-19(16-21)25-24(27(33)28(34)31(25)15-14-30(6)7)26(32)22-17-20(29(3,4)5)12-13-23(22)35-8/h9-13,16-18,25,32H,14-15H2,1-8H3/b26-24+. The van der Waals surface area contributed by atoms with Crippen LogP contribution in [-0.4, -0.2) is 67.0 Å². The van der Waals surface area contributed by atoms with Crippen LogP contribution in [-0.2, 0) is 15.0 Å². The highest BCUT2D eigenvalue weighted by Crippen LogP contribution is 2.42. The van der Waals surface area contributed by atoms with Crippen LogP contribution in [0.15, 0.2) is 48.0 Å². The van der Waals surface area contributed by atoms with E-state index in [9.17, 15) is 14.7 Å².